The molecule has 2 aromatic rings. The van der Waals surface area contributed by atoms with Gasteiger partial charge in [-0.1, -0.05) is 12.1 Å². The minimum absolute atomic E-state index is 0.0354. The van der Waals surface area contributed by atoms with E-state index in [1.807, 2.05) is 18.2 Å². The van der Waals surface area contributed by atoms with Gasteiger partial charge in [0, 0.05) is 23.2 Å². The monoisotopic (exact) mass is 409 g/mol. The summed E-state index contributed by atoms with van der Waals surface area (Å²) in [5.74, 6) is -1.24. The van der Waals surface area contributed by atoms with Crippen molar-refractivity contribution in [3.8, 4) is 0 Å². The average Bonchev–Trinajstić information content (AvgIpc) is 3.28. The summed E-state index contributed by atoms with van der Waals surface area (Å²) in [7, 11) is 0. The van der Waals surface area contributed by atoms with E-state index >= 15 is 0 Å². The third kappa shape index (κ3) is 4.42. The van der Waals surface area contributed by atoms with E-state index in [0.29, 0.717) is 22.4 Å². The topological polar surface area (TPSA) is 93.3 Å². The second-order valence-electron chi connectivity index (χ2n) is 7.94. The van der Waals surface area contributed by atoms with E-state index in [2.05, 4.69) is 4.98 Å². The molecule has 0 fully saturated rings. The summed E-state index contributed by atoms with van der Waals surface area (Å²) in [6, 6.07) is 5.72. The highest BCUT2D eigenvalue weighted by Gasteiger charge is 2.26. The van der Waals surface area contributed by atoms with E-state index in [1.165, 1.54) is 25.0 Å². The van der Waals surface area contributed by atoms with Crippen molar-refractivity contribution in [3.05, 3.63) is 57.4 Å². The number of hydrogen-bond acceptors (Lipinski definition) is 5. The number of benzene rings is 1. The Bertz CT molecular complexity index is 1030. The number of ketones is 3. The SMILES string of the molecule is CC(=O)c1c(C)[nH]c(C(=O)[C@H](C)OC(=O)CCC(=O)c2ccc3c(c2)CCC3)c1C. The molecule has 0 saturated heterocycles. The van der Waals surface area contributed by atoms with Crippen LogP contribution in [0.5, 0.6) is 0 Å². The maximum atomic E-state index is 12.7. The van der Waals surface area contributed by atoms with Gasteiger partial charge in [0.05, 0.1) is 12.1 Å². The van der Waals surface area contributed by atoms with Crippen LogP contribution in [0.2, 0.25) is 0 Å². The molecule has 0 aliphatic heterocycles. The van der Waals surface area contributed by atoms with Gasteiger partial charge in [0.15, 0.2) is 17.7 Å². The quantitative estimate of drug-likeness (QED) is 0.523. The fourth-order valence-corrected chi connectivity index (χ4v) is 4.14. The number of H-pyrrole nitrogens is 1. The number of nitrogens with one attached hydrogen (secondary N) is 1. The van der Waals surface area contributed by atoms with Crippen LogP contribution in [0.1, 0.15) is 86.7 Å². The molecule has 1 aliphatic carbocycles. The number of carbonyl (C=O) groups is 4. The zero-order valence-electron chi connectivity index (χ0n) is 17.9. The van der Waals surface area contributed by atoms with Gasteiger partial charge in [-0.3, -0.25) is 19.2 Å². The van der Waals surface area contributed by atoms with E-state index < -0.39 is 17.9 Å². The summed E-state index contributed by atoms with van der Waals surface area (Å²) >= 11 is 0. The fraction of sp³-hybridized carbons (Fsp3) is 0.417. The van der Waals surface area contributed by atoms with Gasteiger partial charge < -0.3 is 9.72 Å². The second-order valence-corrected chi connectivity index (χ2v) is 7.94. The van der Waals surface area contributed by atoms with Crippen molar-refractivity contribution < 1.29 is 23.9 Å². The Morgan fingerprint density at radius 3 is 2.43 bits per heavy atom. The van der Waals surface area contributed by atoms with Crippen molar-refractivity contribution in [2.45, 2.75) is 65.9 Å². The number of esters is 1. The number of aromatic nitrogens is 1. The minimum atomic E-state index is -1.01. The van der Waals surface area contributed by atoms with E-state index in [9.17, 15) is 19.2 Å². The first kappa shape index (κ1) is 21.7. The fourth-order valence-electron chi connectivity index (χ4n) is 4.14. The lowest BCUT2D eigenvalue weighted by Gasteiger charge is -2.12. The van der Waals surface area contributed by atoms with Crippen LogP contribution in [0.3, 0.4) is 0 Å². The number of hydrogen-bond donors (Lipinski definition) is 1. The van der Waals surface area contributed by atoms with Gasteiger partial charge in [0.1, 0.15) is 0 Å². The van der Waals surface area contributed by atoms with Crippen molar-refractivity contribution >= 4 is 23.3 Å². The van der Waals surface area contributed by atoms with Gasteiger partial charge in [-0.25, -0.2) is 0 Å². The molecule has 1 atom stereocenters. The highest BCUT2D eigenvalue weighted by Crippen LogP contribution is 2.24. The summed E-state index contributed by atoms with van der Waals surface area (Å²) in [6.07, 6.45) is 2.09. The van der Waals surface area contributed by atoms with E-state index in [0.717, 1.165) is 19.3 Å². The van der Waals surface area contributed by atoms with Crippen molar-refractivity contribution in [1.29, 1.82) is 0 Å². The summed E-state index contributed by atoms with van der Waals surface area (Å²) in [5.41, 5.74) is 5.04. The smallest absolute Gasteiger partial charge is 0.306 e. The van der Waals surface area contributed by atoms with Gasteiger partial charge in [-0.05, 0) is 69.7 Å². The number of aryl methyl sites for hydroxylation is 3. The molecule has 0 unspecified atom stereocenters. The number of aromatic amines is 1. The largest absolute Gasteiger partial charge is 0.454 e. The lowest BCUT2D eigenvalue weighted by molar-refractivity contribution is -0.146. The lowest BCUT2D eigenvalue weighted by atomic mass is 10.0. The molecule has 6 heteroatoms. The first-order valence-corrected chi connectivity index (χ1v) is 10.3. The predicted molar refractivity (Wildman–Crippen MR) is 112 cm³/mol. The van der Waals surface area contributed by atoms with E-state index in [4.69, 9.17) is 4.74 Å². The molecule has 6 nitrogen and oxygen atoms in total. The molecule has 0 saturated carbocycles. The second kappa shape index (κ2) is 8.78. The Labute approximate surface area is 176 Å². The Morgan fingerprint density at radius 1 is 1.07 bits per heavy atom. The van der Waals surface area contributed by atoms with Crippen LogP contribution in [-0.2, 0) is 22.4 Å². The highest BCUT2D eigenvalue weighted by molar-refractivity contribution is 6.05. The highest BCUT2D eigenvalue weighted by atomic mass is 16.5. The third-order valence-corrected chi connectivity index (χ3v) is 5.69. The van der Waals surface area contributed by atoms with Gasteiger partial charge in [0.2, 0.25) is 5.78 Å². The summed E-state index contributed by atoms with van der Waals surface area (Å²) < 4.78 is 5.25. The van der Waals surface area contributed by atoms with Crippen LogP contribution in [0.4, 0.5) is 0 Å². The molecule has 0 radical (unpaired) electrons. The Kier molecular flexibility index (Phi) is 6.34. The lowest BCUT2D eigenvalue weighted by Crippen LogP contribution is -2.25. The van der Waals surface area contributed by atoms with Crippen molar-refractivity contribution in [3.63, 3.8) is 0 Å². The van der Waals surface area contributed by atoms with Crippen molar-refractivity contribution in [2.75, 3.05) is 0 Å². The molecular formula is C24H27NO5. The molecule has 1 aromatic carbocycles. The van der Waals surface area contributed by atoms with Gasteiger partial charge in [-0.15, -0.1) is 0 Å². The number of rotatable bonds is 8. The zero-order chi connectivity index (χ0) is 22.0. The van der Waals surface area contributed by atoms with Crippen LogP contribution in [0, 0.1) is 13.8 Å². The minimum Gasteiger partial charge on any atom is -0.454 e. The van der Waals surface area contributed by atoms with E-state index in [1.54, 1.807) is 13.8 Å². The van der Waals surface area contributed by atoms with Crippen LogP contribution in [0.25, 0.3) is 0 Å². The molecule has 0 amide bonds. The average molecular weight is 409 g/mol. The van der Waals surface area contributed by atoms with E-state index in [-0.39, 0.29) is 30.1 Å². The zero-order valence-corrected chi connectivity index (χ0v) is 17.9. The molecule has 0 bridgehead atoms. The number of carbonyl (C=O) groups excluding carboxylic acids is 4. The standard InChI is InChI=1S/C24H27NO5/c1-13-22(15(3)26)14(2)25-23(13)24(29)16(4)30-21(28)11-10-20(27)19-9-8-17-6-5-7-18(17)12-19/h8-9,12,16,25H,5-7,10-11H2,1-4H3/t16-/m0/s1. The third-order valence-electron chi connectivity index (χ3n) is 5.69. The maximum Gasteiger partial charge on any atom is 0.306 e. The molecule has 1 aromatic heterocycles. The Morgan fingerprint density at radius 2 is 1.77 bits per heavy atom. The summed E-state index contributed by atoms with van der Waals surface area (Å²) in [4.78, 5) is 52.0. The van der Waals surface area contributed by atoms with Crippen LogP contribution < -0.4 is 0 Å². The summed E-state index contributed by atoms with van der Waals surface area (Å²) in [5, 5.41) is 0. The molecule has 1 N–H and O–H groups in total. The molecule has 1 aliphatic rings. The Hall–Kier alpha value is -3.02. The number of ether oxygens (including phenoxy) is 1. The van der Waals surface area contributed by atoms with Gasteiger partial charge in [-0.2, -0.15) is 0 Å². The predicted octanol–water partition coefficient (Wildman–Crippen LogP) is 4.10. The molecule has 30 heavy (non-hydrogen) atoms. The van der Waals surface area contributed by atoms with Crippen molar-refractivity contribution in [2.24, 2.45) is 0 Å². The van der Waals surface area contributed by atoms with Gasteiger partial charge >= 0.3 is 5.97 Å². The van der Waals surface area contributed by atoms with Crippen LogP contribution in [-0.4, -0.2) is 34.4 Å². The van der Waals surface area contributed by atoms with Crippen molar-refractivity contribution in [1.82, 2.24) is 4.98 Å². The normalized spacial score (nSPS) is 13.6. The number of fused-ring (bicyclic) bond motifs is 1. The first-order chi connectivity index (χ1) is 14.2. The molecule has 1 heterocycles. The summed E-state index contributed by atoms with van der Waals surface area (Å²) in [6.45, 7) is 6.35. The maximum absolute atomic E-state index is 12.7. The molecular weight excluding hydrogens is 382 g/mol. The number of Topliss-reactive ketones (excluding diaryl/α,β-unsaturated/α-hetero) is 3. The van der Waals surface area contributed by atoms with Crippen LogP contribution >= 0.6 is 0 Å². The molecule has 3 rings (SSSR count). The molecule has 158 valence electrons. The first-order valence-electron chi connectivity index (χ1n) is 10.3. The van der Waals surface area contributed by atoms with Crippen LogP contribution in [0.15, 0.2) is 18.2 Å². The molecule has 0 spiro atoms. The Balaban J connectivity index is 1.57. The van der Waals surface area contributed by atoms with Gasteiger partial charge in [0.25, 0.3) is 0 Å².